The largest absolute Gasteiger partial charge is 0.389 e. The minimum atomic E-state index is -0.532. The van der Waals surface area contributed by atoms with Crippen molar-refractivity contribution in [3.63, 3.8) is 0 Å². The lowest BCUT2D eigenvalue weighted by atomic mass is 10.4. The lowest BCUT2D eigenvalue weighted by Crippen LogP contribution is -2.30. The van der Waals surface area contributed by atoms with Crippen molar-refractivity contribution in [2.24, 2.45) is 7.05 Å². The van der Waals surface area contributed by atoms with Crippen molar-refractivity contribution in [1.82, 2.24) is 20.1 Å². The Bertz CT molecular complexity index is 319. The van der Waals surface area contributed by atoms with Crippen molar-refractivity contribution in [1.29, 1.82) is 0 Å². The van der Waals surface area contributed by atoms with Crippen LogP contribution in [-0.2, 0) is 23.1 Å². The van der Waals surface area contributed by atoms with Crippen LogP contribution < -0.4 is 5.32 Å². The molecular formula is C11H22N4O3. The highest BCUT2D eigenvalue weighted by Crippen LogP contribution is 1.89. The van der Waals surface area contributed by atoms with Crippen molar-refractivity contribution in [3.05, 3.63) is 12.2 Å². The number of nitrogens with zero attached hydrogens (tertiary/aromatic N) is 3. The number of hydrogen-bond acceptors (Lipinski definition) is 6. The van der Waals surface area contributed by atoms with Gasteiger partial charge in [-0.25, -0.2) is 4.98 Å². The van der Waals surface area contributed by atoms with E-state index in [2.05, 4.69) is 15.4 Å². The molecule has 104 valence electrons. The Kier molecular flexibility index (Phi) is 7.51. The van der Waals surface area contributed by atoms with E-state index in [-0.39, 0.29) is 0 Å². The molecule has 0 saturated carbocycles. The summed E-state index contributed by atoms with van der Waals surface area (Å²) in [4.78, 5) is 4.07. The molecule has 0 saturated heterocycles. The third-order valence-electron chi connectivity index (χ3n) is 2.20. The highest BCUT2D eigenvalue weighted by molar-refractivity contribution is 4.80. The van der Waals surface area contributed by atoms with Gasteiger partial charge in [0.2, 0.25) is 0 Å². The van der Waals surface area contributed by atoms with Crippen molar-refractivity contribution < 1.29 is 14.6 Å². The first-order valence-corrected chi connectivity index (χ1v) is 6.11. The van der Waals surface area contributed by atoms with E-state index in [4.69, 9.17) is 9.47 Å². The number of aliphatic hydroxyl groups is 1. The molecule has 0 aliphatic carbocycles. The van der Waals surface area contributed by atoms with Gasteiger partial charge in [0, 0.05) is 20.2 Å². The van der Waals surface area contributed by atoms with Crippen LogP contribution in [0, 0.1) is 0 Å². The summed E-state index contributed by atoms with van der Waals surface area (Å²) in [5.41, 5.74) is 0. The summed E-state index contributed by atoms with van der Waals surface area (Å²) < 4.78 is 12.0. The summed E-state index contributed by atoms with van der Waals surface area (Å²) in [6.07, 6.45) is 1.11. The Morgan fingerprint density at radius 1 is 1.44 bits per heavy atom. The molecule has 1 aromatic heterocycles. The van der Waals surface area contributed by atoms with Gasteiger partial charge in [-0.3, -0.25) is 4.68 Å². The molecular weight excluding hydrogens is 236 g/mol. The van der Waals surface area contributed by atoms with Gasteiger partial charge in [-0.1, -0.05) is 0 Å². The summed E-state index contributed by atoms with van der Waals surface area (Å²) in [5, 5.41) is 16.8. The molecule has 1 unspecified atom stereocenters. The molecule has 0 aliphatic rings. The fourth-order valence-electron chi connectivity index (χ4n) is 1.36. The van der Waals surface area contributed by atoms with Gasteiger partial charge in [0.1, 0.15) is 6.33 Å². The van der Waals surface area contributed by atoms with Crippen molar-refractivity contribution in [3.8, 4) is 0 Å². The van der Waals surface area contributed by atoms with Crippen LogP contribution >= 0.6 is 0 Å². The molecule has 7 heteroatoms. The van der Waals surface area contributed by atoms with E-state index >= 15 is 0 Å². The zero-order chi connectivity index (χ0) is 13.2. The molecule has 1 atom stereocenters. The second kappa shape index (κ2) is 8.98. The van der Waals surface area contributed by atoms with Gasteiger partial charge in [-0.15, -0.1) is 0 Å². The Labute approximate surface area is 107 Å². The molecule has 0 bridgehead atoms. The van der Waals surface area contributed by atoms with Crippen LogP contribution in [0.5, 0.6) is 0 Å². The summed E-state index contributed by atoms with van der Waals surface area (Å²) in [6.45, 7) is 4.98. The van der Waals surface area contributed by atoms with Crippen molar-refractivity contribution in [2.45, 2.75) is 19.6 Å². The molecule has 0 spiro atoms. The molecule has 7 nitrogen and oxygen atoms in total. The standard InChI is InChI=1S/C11H22N4O3/c1-3-17-4-5-18-8-10(16)6-12-7-11-13-9-15(2)14-11/h9-10,12,16H,3-8H2,1-2H3. The number of hydrogen-bond donors (Lipinski definition) is 2. The van der Waals surface area contributed by atoms with E-state index in [1.165, 1.54) is 0 Å². The molecule has 2 N–H and O–H groups in total. The van der Waals surface area contributed by atoms with Crippen LogP contribution in [0.1, 0.15) is 12.7 Å². The van der Waals surface area contributed by atoms with Gasteiger partial charge >= 0.3 is 0 Å². The fraction of sp³-hybridized carbons (Fsp3) is 0.818. The van der Waals surface area contributed by atoms with Crippen molar-refractivity contribution in [2.75, 3.05) is 33.0 Å². The second-order valence-corrected chi connectivity index (χ2v) is 3.89. The van der Waals surface area contributed by atoms with Crippen LogP contribution in [-0.4, -0.2) is 58.9 Å². The highest BCUT2D eigenvalue weighted by Gasteiger charge is 2.05. The Balaban J connectivity index is 1.98. The lowest BCUT2D eigenvalue weighted by Gasteiger charge is -2.11. The van der Waals surface area contributed by atoms with E-state index in [9.17, 15) is 5.11 Å². The predicted octanol–water partition coefficient (Wildman–Crippen LogP) is -0.681. The molecule has 0 aromatic carbocycles. The predicted molar refractivity (Wildman–Crippen MR) is 66.0 cm³/mol. The third kappa shape index (κ3) is 6.65. The molecule has 0 amide bonds. The molecule has 0 fully saturated rings. The maximum Gasteiger partial charge on any atom is 0.164 e. The van der Waals surface area contributed by atoms with E-state index in [1.807, 2.05) is 14.0 Å². The van der Waals surface area contributed by atoms with Crippen LogP contribution in [0.4, 0.5) is 0 Å². The van der Waals surface area contributed by atoms with Crippen LogP contribution in [0.15, 0.2) is 6.33 Å². The first-order valence-electron chi connectivity index (χ1n) is 6.11. The van der Waals surface area contributed by atoms with Crippen molar-refractivity contribution >= 4 is 0 Å². The number of aryl methyl sites for hydroxylation is 1. The SMILES string of the molecule is CCOCCOCC(O)CNCc1ncn(C)n1. The summed E-state index contributed by atoms with van der Waals surface area (Å²) >= 11 is 0. The fourth-order valence-corrected chi connectivity index (χ4v) is 1.36. The van der Waals surface area contributed by atoms with E-state index in [0.717, 1.165) is 0 Å². The first-order chi connectivity index (χ1) is 8.72. The van der Waals surface area contributed by atoms with Gasteiger partial charge in [0.05, 0.1) is 32.5 Å². The Morgan fingerprint density at radius 3 is 2.89 bits per heavy atom. The number of nitrogens with one attached hydrogen (secondary N) is 1. The number of aromatic nitrogens is 3. The average Bonchev–Trinajstić information content (AvgIpc) is 2.75. The summed E-state index contributed by atoms with van der Waals surface area (Å²) in [6, 6.07) is 0. The lowest BCUT2D eigenvalue weighted by molar-refractivity contribution is 0.00638. The average molecular weight is 258 g/mol. The smallest absolute Gasteiger partial charge is 0.164 e. The normalized spacial score (nSPS) is 12.8. The van der Waals surface area contributed by atoms with E-state index in [1.54, 1.807) is 11.0 Å². The molecule has 1 heterocycles. The second-order valence-electron chi connectivity index (χ2n) is 3.89. The van der Waals surface area contributed by atoms with Crippen LogP contribution in [0.25, 0.3) is 0 Å². The minimum absolute atomic E-state index is 0.301. The van der Waals surface area contributed by atoms with Crippen LogP contribution in [0.3, 0.4) is 0 Å². The number of ether oxygens (including phenoxy) is 2. The maximum atomic E-state index is 9.61. The number of rotatable bonds is 10. The topological polar surface area (TPSA) is 81.4 Å². The van der Waals surface area contributed by atoms with E-state index in [0.29, 0.717) is 45.3 Å². The molecule has 0 radical (unpaired) electrons. The van der Waals surface area contributed by atoms with Gasteiger partial charge in [-0.05, 0) is 6.92 Å². The zero-order valence-electron chi connectivity index (χ0n) is 11.0. The van der Waals surface area contributed by atoms with Crippen LogP contribution in [0.2, 0.25) is 0 Å². The minimum Gasteiger partial charge on any atom is -0.389 e. The zero-order valence-corrected chi connectivity index (χ0v) is 11.0. The molecule has 1 rings (SSSR count). The van der Waals surface area contributed by atoms with Gasteiger partial charge < -0.3 is 19.9 Å². The quantitative estimate of drug-likeness (QED) is 0.541. The van der Waals surface area contributed by atoms with Gasteiger partial charge in [-0.2, -0.15) is 5.10 Å². The third-order valence-corrected chi connectivity index (χ3v) is 2.20. The summed E-state index contributed by atoms with van der Waals surface area (Å²) in [5.74, 6) is 0.710. The molecule has 1 aromatic rings. The molecule has 0 aliphatic heterocycles. The monoisotopic (exact) mass is 258 g/mol. The molecule has 18 heavy (non-hydrogen) atoms. The Morgan fingerprint density at radius 2 is 2.22 bits per heavy atom. The summed E-state index contributed by atoms with van der Waals surface area (Å²) in [7, 11) is 1.82. The highest BCUT2D eigenvalue weighted by atomic mass is 16.5. The maximum absolute atomic E-state index is 9.61. The van der Waals surface area contributed by atoms with Gasteiger partial charge in [0.25, 0.3) is 0 Å². The van der Waals surface area contributed by atoms with E-state index < -0.39 is 6.10 Å². The first kappa shape index (κ1) is 15.0. The van der Waals surface area contributed by atoms with Gasteiger partial charge in [0.15, 0.2) is 5.82 Å². The Hall–Kier alpha value is -1.02. The number of aliphatic hydroxyl groups excluding tert-OH is 1.